The number of aryl methyl sites for hydroxylation is 2. The molecule has 0 spiro atoms. The van der Waals surface area contributed by atoms with Crippen molar-refractivity contribution in [2.24, 2.45) is 0 Å². The summed E-state index contributed by atoms with van der Waals surface area (Å²) in [5.41, 5.74) is 2.37. The molecule has 0 fully saturated rings. The van der Waals surface area contributed by atoms with Crippen molar-refractivity contribution in [1.29, 1.82) is 0 Å². The normalized spacial score (nSPS) is 15.5. The standard InChI is InChI=1S/C14H14BrClN2S/c1-17-13(9-6-5-8(15)7-10(9)16)14-18-11-3-2-4-12(11)19-14/h5-7,13,17H,2-4H2,1H3. The van der Waals surface area contributed by atoms with E-state index in [2.05, 4.69) is 27.3 Å². The Balaban J connectivity index is 1.99. The zero-order valence-electron chi connectivity index (χ0n) is 10.5. The third-order valence-electron chi connectivity index (χ3n) is 3.42. The summed E-state index contributed by atoms with van der Waals surface area (Å²) in [6, 6.07) is 6.09. The van der Waals surface area contributed by atoms with Crippen LogP contribution >= 0.6 is 38.9 Å². The van der Waals surface area contributed by atoms with Crippen LogP contribution in [-0.2, 0) is 12.8 Å². The number of fused-ring (bicyclic) bond motifs is 1. The Hall–Kier alpha value is -0.420. The Kier molecular flexibility index (Phi) is 3.94. The molecule has 0 aliphatic heterocycles. The number of nitrogens with one attached hydrogen (secondary N) is 1. The van der Waals surface area contributed by atoms with Gasteiger partial charge in [0.2, 0.25) is 0 Å². The molecule has 0 bridgehead atoms. The summed E-state index contributed by atoms with van der Waals surface area (Å²) in [6.07, 6.45) is 3.55. The fourth-order valence-corrected chi connectivity index (χ4v) is 4.55. The van der Waals surface area contributed by atoms with Gasteiger partial charge in [-0.05, 0) is 44.0 Å². The molecule has 2 nitrogen and oxygen atoms in total. The number of hydrogen-bond donors (Lipinski definition) is 1. The number of nitrogens with zero attached hydrogens (tertiary/aromatic N) is 1. The first-order valence-electron chi connectivity index (χ1n) is 6.29. The molecular weight excluding hydrogens is 344 g/mol. The van der Waals surface area contributed by atoms with Crippen LogP contribution in [0.1, 0.15) is 33.6 Å². The maximum atomic E-state index is 6.35. The van der Waals surface area contributed by atoms with Gasteiger partial charge in [-0.3, -0.25) is 0 Å². The van der Waals surface area contributed by atoms with Crippen LogP contribution in [0.15, 0.2) is 22.7 Å². The van der Waals surface area contributed by atoms with Crippen molar-refractivity contribution in [3.8, 4) is 0 Å². The summed E-state index contributed by atoms with van der Waals surface area (Å²) in [5, 5.41) is 5.22. The Morgan fingerprint density at radius 3 is 2.95 bits per heavy atom. The summed E-state index contributed by atoms with van der Waals surface area (Å²) in [5.74, 6) is 0. The van der Waals surface area contributed by atoms with Gasteiger partial charge >= 0.3 is 0 Å². The lowest BCUT2D eigenvalue weighted by Gasteiger charge is -2.16. The molecule has 19 heavy (non-hydrogen) atoms. The number of rotatable bonds is 3. The molecule has 1 unspecified atom stereocenters. The number of halogens is 2. The van der Waals surface area contributed by atoms with E-state index >= 15 is 0 Å². The van der Waals surface area contributed by atoms with Crippen molar-refractivity contribution >= 4 is 38.9 Å². The highest BCUT2D eigenvalue weighted by molar-refractivity contribution is 9.10. The summed E-state index contributed by atoms with van der Waals surface area (Å²) in [4.78, 5) is 6.24. The van der Waals surface area contributed by atoms with Gasteiger partial charge in [0.15, 0.2) is 0 Å². The number of thiazole rings is 1. The second-order valence-corrected chi connectivity index (χ2v) is 7.10. The Bertz CT molecular complexity index is 590. The zero-order chi connectivity index (χ0) is 13.4. The van der Waals surface area contributed by atoms with Gasteiger partial charge in [-0.1, -0.05) is 33.6 Å². The average Bonchev–Trinajstić information content (AvgIpc) is 2.93. The number of aromatic nitrogens is 1. The smallest absolute Gasteiger partial charge is 0.115 e. The van der Waals surface area contributed by atoms with E-state index in [0.717, 1.165) is 26.5 Å². The minimum atomic E-state index is 0.0798. The predicted molar refractivity (Wildman–Crippen MR) is 84.2 cm³/mol. The van der Waals surface area contributed by atoms with Crippen molar-refractivity contribution in [2.75, 3.05) is 7.05 Å². The van der Waals surface area contributed by atoms with Gasteiger partial charge in [-0.2, -0.15) is 0 Å². The van der Waals surface area contributed by atoms with E-state index < -0.39 is 0 Å². The molecule has 0 saturated carbocycles. The highest BCUT2D eigenvalue weighted by Crippen LogP contribution is 2.35. The lowest BCUT2D eigenvalue weighted by molar-refractivity contribution is 0.683. The molecule has 1 aromatic carbocycles. The minimum absolute atomic E-state index is 0.0798. The van der Waals surface area contributed by atoms with Crippen LogP contribution in [0.3, 0.4) is 0 Å². The van der Waals surface area contributed by atoms with Gasteiger partial charge in [0.25, 0.3) is 0 Å². The monoisotopic (exact) mass is 356 g/mol. The van der Waals surface area contributed by atoms with E-state index in [-0.39, 0.29) is 6.04 Å². The molecule has 100 valence electrons. The third kappa shape index (κ3) is 2.59. The molecule has 0 amide bonds. The van der Waals surface area contributed by atoms with Gasteiger partial charge in [0.05, 0.1) is 11.7 Å². The number of hydrogen-bond acceptors (Lipinski definition) is 3. The van der Waals surface area contributed by atoms with Crippen molar-refractivity contribution in [2.45, 2.75) is 25.3 Å². The average molecular weight is 358 g/mol. The first-order valence-corrected chi connectivity index (χ1v) is 8.28. The highest BCUT2D eigenvalue weighted by atomic mass is 79.9. The van der Waals surface area contributed by atoms with Crippen LogP contribution in [0.4, 0.5) is 0 Å². The lowest BCUT2D eigenvalue weighted by Crippen LogP contribution is -2.18. The molecule has 0 saturated heterocycles. The van der Waals surface area contributed by atoms with Crippen LogP contribution in [0.25, 0.3) is 0 Å². The molecule has 1 aliphatic rings. The molecule has 1 aliphatic carbocycles. The molecule has 0 radical (unpaired) electrons. The topological polar surface area (TPSA) is 24.9 Å². The molecule has 1 N–H and O–H groups in total. The summed E-state index contributed by atoms with van der Waals surface area (Å²) >= 11 is 11.6. The van der Waals surface area contributed by atoms with Crippen molar-refractivity contribution in [3.05, 3.63) is 48.8 Å². The lowest BCUT2D eigenvalue weighted by atomic mass is 10.1. The quantitative estimate of drug-likeness (QED) is 0.883. The van der Waals surface area contributed by atoms with Crippen molar-refractivity contribution in [1.82, 2.24) is 10.3 Å². The van der Waals surface area contributed by atoms with E-state index in [1.165, 1.54) is 23.4 Å². The molecule has 5 heteroatoms. The fraction of sp³-hybridized carbons (Fsp3) is 0.357. The third-order valence-corrected chi connectivity index (χ3v) is 5.46. The Labute approximate surface area is 130 Å². The van der Waals surface area contributed by atoms with Gasteiger partial charge in [0.1, 0.15) is 5.01 Å². The molecule has 1 atom stereocenters. The largest absolute Gasteiger partial charge is 0.307 e. The minimum Gasteiger partial charge on any atom is -0.307 e. The van der Waals surface area contributed by atoms with Crippen molar-refractivity contribution < 1.29 is 0 Å². The molecule has 2 aromatic rings. The zero-order valence-corrected chi connectivity index (χ0v) is 13.7. The summed E-state index contributed by atoms with van der Waals surface area (Å²) in [6.45, 7) is 0. The van der Waals surface area contributed by atoms with Crippen LogP contribution in [0.5, 0.6) is 0 Å². The summed E-state index contributed by atoms with van der Waals surface area (Å²) in [7, 11) is 1.95. The molecule has 3 rings (SSSR count). The van der Waals surface area contributed by atoms with Crippen LogP contribution in [-0.4, -0.2) is 12.0 Å². The van der Waals surface area contributed by atoms with Gasteiger partial charge in [0, 0.05) is 14.4 Å². The second kappa shape index (κ2) is 5.52. The van der Waals surface area contributed by atoms with E-state index in [1.54, 1.807) is 0 Å². The van der Waals surface area contributed by atoms with E-state index in [0.29, 0.717) is 0 Å². The maximum Gasteiger partial charge on any atom is 0.115 e. The highest BCUT2D eigenvalue weighted by Gasteiger charge is 2.23. The first kappa shape index (κ1) is 13.6. The van der Waals surface area contributed by atoms with Gasteiger partial charge < -0.3 is 5.32 Å². The van der Waals surface area contributed by atoms with Crippen LogP contribution in [0.2, 0.25) is 5.02 Å². The predicted octanol–water partition coefficient (Wildman–Crippen LogP) is 4.36. The molecular formula is C14H14BrClN2S. The Morgan fingerprint density at radius 2 is 2.26 bits per heavy atom. The molecule has 1 aromatic heterocycles. The SMILES string of the molecule is CNC(c1nc2c(s1)CCC2)c1ccc(Br)cc1Cl. The van der Waals surface area contributed by atoms with Gasteiger partial charge in [-0.25, -0.2) is 4.98 Å². The van der Waals surface area contributed by atoms with Crippen molar-refractivity contribution in [3.63, 3.8) is 0 Å². The first-order chi connectivity index (χ1) is 9.19. The van der Waals surface area contributed by atoms with Gasteiger partial charge in [-0.15, -0.1) is 11.3 Å². The van der Waals surface area contributed by atoms with Crippen LogP contribution in [0, 0.1) is 0 Å². The molecule has 1 heterocycles. The fourth-order valence-electron chi connectivity index (χ4n) is 2.48. The van der Waals surface area contributed by atoms with Crippen LogP contribution < -0.4 is 5.32 Å². The summed E-state index contributed by atoms with van der Waals surface area (Å²) < 4.78 is 0.998. The van der Waals surface area contributed by atoms with E-state index in [1.807, 2.05) is 30.5 Å². The second-order valence-electron chi connectivity index (χ2n) is 4.66. The maximum absolute atomic E-state index is 6.35. The Morgan fingerprint density at radius 1 is 1.42 bits per heavy atom. The number of benzene rings is 1. The van der Waals surface area contributed by atoms with E-state index in [9.17, 15) is 0 Å². The van der Waals surface area contributed by atoms with E-state index in [4.69, 9.17) is 16.6 Å².